The number of amides is 1. The van der Waals surface area contributed by atoms with E-state index in [1.165, 1.54) is 0 Å². The third-order valence-corrected chi connectivity index (χ3v) is 4.12. The van der Waals surface area contributed by atoms with Crippen molar-refractivity contribution in [2.45, 2.75) is 32.2 Å². The molecule has 2 aliphatic heterocycles. The molecule has 3 heteroatoms. The molecule has 0 bridgehead atoms. The van der Waals surface area contributed by atoms with Gasteiger partial charge in [-0.25, -0.2) is 0 Å². The molecule has 0 aromatic carbocycles. The highest BCUT2D eigenvalue weighted by molar-refractivity contribution is 5.90. The summed E-state index contributed by atoms with van der Waals surface area (Å²) < 4.78 is 0. The molecular weight excluding hydrogens is 176 g/mol. The van der Waals surface area contributed by atoms with Gasteiger partial charge in [0, 0.05) is 13.1 Å². The van der Waals surface area contributed by atoms with Crippen molar-refractivity contribution in [2.75, 3.05) is 27.2 Å². The molecule has 80 valence electrons. The van der Waals surface area contributed by atoms with Crippen LogP contribution in [0, 0.1) is 5.41 Å². The molecule has 1 spiro atoms. The highest BCUT2D eigenvalue weighted by Crippen LogP contribution is 2.47. The zero-order valence-electron chi connectivity index (χ0n) is 9.42. The van der Waals surface area contributed by atoms with Gasteiger partial charge in [-0.1, -0.05) is 6.92 Å². The van der Waals surface area contributed by atoms with E-state index in [9.17, 15) is 4.79 Å². The Kier molecular flexibility index (Phi) is 2.30. The summed E-state index contributed by atoms with van der Waals surface area (Å²) in [6.07, 6.45) is 3.22. The Balaban J connectivity index is 2.12. The van der Waals surface area contributed by atoms with Gasteiger partial charge in [0.25, 0.3) is 0 Å². The average molecular weight is 196 g/mol. The van der Waals surface area contributed by atoms with Crippen molar-refractivity contribution in [1.82, 2.24) is 9.80 Å². The van der Waals surface area contributed by atoms with Gasteiger partial charge in [0.15, 0.2) is 0 Å². The first kappa shape index (κ1) is 9.97. The number of hydrogen-bond donors (Lipinski definition) is 0. The largest absolute Gasteiger partial charge is 0.341 e. The van der Waals surface area contributed by atoms with E-state index < -0.39 is 0 Å². The first-order valence-corrected chi connectivity index (χ1v) is 5.57. The molecule has 2 rings (SSSR count). The van der Waals surface area contributed by atoms with Crippen LogP contribution in [0.25, 0.3) is 0 Å². The molecule has 1 unspecified atom stereocenters. The summed E-state index contributed by atoms with van der Waals surface area (Å²) in [5, 5.41) is 0. The molecule has 0 aliphatic carbocycles. The van der Waals surface area contributed by atoms with E-state index in [2.05, 4.69) is 18.9 Å². The highest BCUT2D eigenvalue weighted by atomic mass is 16.2. The predicted molar refractivity (Wildman–Crippen MR) is 56.0 cm³/mol. The third-order valence-electron chi connectivity index (χ3n) is 4.12. The van der Waals surface area contributed by atoms with E-state index in [0.29, 0.717) is 11.9 Å². The SMILES string of the molecule is CCC1N(C)C(=O)C12CCN(C)CC2. The number of rotatable bonds is 1. The van der Waals surface area contributed by atoms with Gasteiger partial charge in [-0.15, -0.1) is 0 Å². The van der Waals surface area contributed by atoms with Gasteiger partial charge in [-0.05, 0) is 39.4 Å². The molecule has 2 aliphatic rings. The van der Waals surface area contributed by atoms with Crippen molar-refractivity contribution in [2.24, 2.45) is 5.41 Å². The van der Waals surface area contributed by atoms with Crippen molar-refractivity contribution in [3.8, 4) is 0 Å². The fourth-order valence-corrected chi connectivity index (χ4v) is 3.17. The first-order chi connectivity index (χ1) is 6.62. The number of β-lactam (4-membered cyclic amide) rings is 1. The fraction of sp³-hybridized carbons (Fsp3) is 0.909. The van der Waals surface area contributed by atoms with Crippen LogP contribution in [0.4, 0.5) is 0 Å². The molecule has 0 saturated carbocycles. The number of piperidine rings is 1. The highest BCUT2D eigenvalue weighted by Gasteiger charge is 2.58. The third kappa shape index (κ3) is 1.11. The molecule has 1 atom stereocenters. The van der Waals surface area contributed by atoms with Gasteiger partial charge < -0.3 is 9.80 Å². The molecule has 2 saturated heterocycles. The van der Waals surface area contributed by atoms with Gasteiger partial charge >= 0.3 is 0 Å². The summed E-state index contributed by atoms with van der Waals surface area (Å²) in [4.78, 5) is 16.2. The van der Waals surface area contributed by atoms with Crippen LogP contribution in [0.15, 0.2) is 0 Å². The standard InChI is InChI=1S/C11H20N2O/c1-4-9-11(10(14)13(9)3)5-7-12(2)8-6-11/h9H,4-8H2,1-3H3. The van der Waals surface area contributed by atoms with Crippen molar-refractivity contribution >= 4 is 5.91 Å². The smallest absolute Gasteiger partial charge is 0.230 e. The lowest BCUT2D eigenvalue weighted by Gasteiger charge is -2.57. The lowest BCUT2D eigenvalue weighted by atomic mass is 9.64. The predicted octanol–water partition coefficient (Wildman–Crippen LogP) is 0.949. The zero-order valence-corrected chi connectivity index (χ0v) is 9.42. The summed E-state index contributed by atoms with van der Waals surface area (Å²) in [7, 11) is 4.08. The van der Waals surface area contributed by atoms with E-state index in [-0.39, 0.29) is 5.41 Å². The first-order valence-electron chi connectivity index (χ1n) is 5.57. The topological polar surface area (TPSA) is 23.6 Å². The molecule has 1 amide bonds. The van der Waals surface area contributed by atoms with Gasteiger partial charge in [-0.2, -0.15) is 0 Å². The molecule has 0 N–H and O–H groups in total. The normalized spacial score (nSPS) is 32.1. The maximum absolute atomic E-state index is 11.9. The number of nitrogens with zero attached hydrogens (tertiary/aromatic N) is 2. The minimum Gasteiger partial charge on any atom is -0.341 e. The van der Waals surface area contributed by atoms with Gasteiger partial charge in [0.05, 0.1) is 5.41 Å². The van der Waals surface area contributed by atoms with Crippen LogP contribution < -0.4 is 0 Å². The van der Waals surface area contributed by atoms with Crippen molar-refractivity contribution in [3.05, 3.63) is 0 Å². The monoisotopic (exact) mass is 196 g/mol. The van der Waals surface area contributed by atoms with Crippen LogP contribution in [-0.4, -0.2) is 48.9 Å². The molecule has 2 heterocycles. The molecule has 14 heavy (non-hydrogen) atoms. The fourth-order valence-electron chi connectivity index (χ4n) is 3.17. The maximum Gasteiger partial charge on any atom is 0.230 e. The summed E-state index contributed by atoms with van der Waals surface area (Å²) >= 11 is 0. The number of hydrogen-bond acceptors (Lipinski definition) is 2. The van der Waals surface area contributed by atoms with Gasteiger partial charge in [-0.3, -0.25) is 4.79 Å². The summed E-state index contributed by atoms with van der Waals surface area (Å²) in [5.74, 6) is 0.387. The average Bonchev–Trinajstić information content (AvgIpc) is 2.21. The summed E-state index contributed by atoms with van der Waals surface area (Å²) in [6.45, 7) is 4.35. The van der Waals surface area contributed by atoms with Crippen LogP contribution in [0.3, 0.4) is 0 Å². The second kappa shape index (κ2) is 3.23. The zero-order chi connectivity index (χ0) is 10.3. The number of carbonyl (C=O) groups excluding carboxylic acids is 1. The van der Waals surface area contributed by atoms with E-state index in [0.717, 1.165) is 32.4 Å². The van der Waals surface area contributed by atoms with Crippen molar-refractivity contribution < 1.29 is 4.79 Å². The lowest BCUT2D eigenvalue weighted by molar-refractivity contribution is -0.175. The van der Waals surface area contributed by atoms with Crippen molar-refractivity contribution in [1.29, 1.82) is 0 Å². The molecular formula is C11H20N2O. The van der Waals surface area contributed by atoms with E-state index in [1.807, 2.05) is 11.9 Å². The summed E-state index contributed by atoms with van der Waals surface area (Å²) in [5.41, 5.74) is 0.0238. The Labute approximate surface area is 86.1 Å². The van der Waals surface area contributed by atoms with E-state index in [1.54, 1.807) is 0 Å². The van der Waals surface area contributed by atoms with Gasteiger partial charge in [0.1, 0.15) is 0 Å². The molecule has 0 aromatic heterocycles. The molecule has 2 fully saturated rings. The number of carbonyl (C=O) groups is 1. The van der Waals surface area contributed by atoms with E-state index >= 15 is 0 Å². The quantitative estimate of drug-likeness (QED) is 0.583. The Morgan fingerprint density at radius 2 is 1.93 bits per heavy atom. The Hall–Kier alpha value is -0.570. The van der Waals surface area contributed by atoms with Gasteiger partial charge in [0.2, 0.25) is 5.91 Å². The Morgan fingerprint density at radius 3 is 2.43 bits per heavy atom. The molecule has 3 nitrogen and oxygen atoms in total. The lowest BCUT2D eigenvalue weighted by Crippen LogP contribution is -2.69. The van der Waals surface area contributed by atoms with Crippen LogP contribution in [0.1, 0.15) is 26.2 Å². The number of likely N-dealkylation sites (tertiary alicyclic amines) is 2. The Bertz CT molecular complexity index is 244. The van der Waals surface area contributed by atoms with Crippen molar-refractivity contribution in [3.63, 3.8) is 0 Å². The van der Waals surface area contributed by atoms with Crippen LogP contribution >= 0.6 is 0 Å². The second-order valence-corrected chi connectivity index (χ2v) is 4.80. The van der Waals surface area contributed by atoms with Crippen LogP contribution in [-0.2, 0) is 4.79 Å². The minimum atomic E-state index is 0.0238. The summed E-state index contributed by atoms with van der Waals surface area (Å²) in [6, 6.07) is 0.503. The Morgan fingerprint density at radius 1 is 1.36 bits per heavy atom. The van der Waals surface area contributed by atoms with Crippen LogP contribution in [0.2, 0.25) is 0 Å². The van der Waals surface area contributed by atoms with Crippen LogP contribution in [0.5, 0.6) is 0 Å². The van der Waals surface area contributed by atoms with E-state index in [4.69, 9.17) is 0 Å². The second-order valence-electron chi connectivity index (χ2n) is 4.80. The minimum absolute atomic E-state index is 0.0238. The molecule has 0 aromatic rings. The maximum atomic E-state index is 11.9. The molecule has 0 radical (unpaired) electrons.